The van der Waals surface area contributed by atoms with Gasteiger partial charge in [0.1, 0.15) is 11.8 Å². The van der Waals surface area contributed by atoms with Crippen molar-refractivity contribution in [1.82, 2.24) is 9.80 Å². The lowest BCUT2D eigenvalue weighted by atomic mass is 10.1. The van der Waals surface area contributed by atoms with Crippen molar-refractivity contribution in [2.75, 3.05) is 19.0 Å². The van der Waals surface area contributed by atoms with Gasteiger partial charge in [0.2, 0.25) is 5.91 Å². The first kappa shape index (κ1) is 23.4. The fraction of sp³-hybridized carbons (Fsp3) is 0.222. The molecule has 1 N–H and O–H groups in total. The zero-order valence-electron chi connectivity index (χ0n) is 19.0. The van der Waals surface area contributed by atoms with Crippen LogP contribution in [0.15, 0.2) is 84.9 Å². The van der Waals surface area contributed by atoms with Crippen molar-refractivity contribution in [1.29, 1.82) is 0 Å². The van der Waals surface area contributed by atoms with Crippen LogP contribution in [0.25, 0.3) is 0 Å². The molecule has 3 aromatic rings. The Kier molecular flexibility index (Phi) is 7.54. The third-order valence-electron chi connectivity index (χ3n) is 5.82. The Labute approximate surface area is 205 Å². The molecule has 0 aliphatic carbocycles. The highest BCUT2D eigenvalue weighted by Crippen LogP contribution is 2.25. The third-order valence-corrected chi connectivity index (χ3v) is 6.27. The molecule has 4 rings (SSSR count). The van der Waals surface area contributed by atoms with Crippen LogP contribution < -0.4 is 10.1 Å². The van der Waals surface area contributed by atoms with E-state index in [0.717, 1.165) is 16.9 Å². The Bertz CT molecular complexity index is 1140. The maximum absolute atomic E-state index is 13.4. The van der Waals surface area contributed by atoms with Crippen LogP contribution in [-0.2, 0) is 22.6 Å². The van der Waals surface area contributed by atoms with Crippen molar-refractivity contribution < 1.29 is 14.3 Å². The monoisotopic (exact) mass is 473 g/mol. The van der Waals surface area contributed by atoms with E-state index in [1.807, 2.05) is 89.8 Å². The molecule has 1 atom stereocenters. The Balaban J connectivity index is 1.51. The van der Waals surface area contributed by atoms with Crippen LogP contribution >= 0.6 is 12.2 Å². The SMILES string of the molecule is COc1ccc(CN2C(=S)N(CCc3ccccc3)C(=O)[C@H]2CC(=O)Nc2ccccc2)cc1. The van der Waals surface area contributed by atoms with Crippen LogP contribution in [-0.4, -0.2) is 46.4 Å². The molecule has 1 heterocycles. The predicted molar refractivity (Wildman–Crippen MR) is 136 cm³/mol. The van der Waals surface area contributed by atoms with Gasteiger partial charge >= 0.3 is 0 Å². The lowest BCUT2D eigenvalue weighted by molar-refractivity contribution is -0.130. The fourth-order valence-electron chi connectivity index (χ4n) is 4.00. The van der Waals surface area contributed by atoms with Crippen molar-refractivity contribution in [3.63, 3.8) is 0 Å². The van der Waals surface area contributed by atoms with E-state index < -0.39 is 6.04 Å². The molecule has 0 radical (unpaired) electrons. The minimum absolute atomic E-state index is 0.0197. The van der Waals surface area contributed by atoms with E-state index in [9.17, 15) is 9.59 Å². The first-order chi connectivity index (χ1) is 16.5. The Hall–Kier alpha value is -3.71. The number of ether oxygens (including phenoxy) is 1. The highest BCUT2D eigenvalue weighted by molar-refractivity contribution is 7.80. The summed E-state index contributed by atoms with van der Waals surface area (Å²) in [5.74, 6) is 0.391. The van der Waals surface area contributed by atoms with E-state index in [2.05, 4.69) is 5.32 Å². The van der Waals surface area contributed by atoms with Crippen LogP contribution in [0.2, 0.25) is 0 Å². The molecule has 34 heavy (non-hydrogen) atoms. The van der Waals surface area contributed by atoms with E-state index in [1.165, 1.54) is 0 Å². The highest BCUT2D eigenvalue weighted by Gasteiger charge is 2.43. The van der Waals surface area contributed by atoms with Gasteiger partial charge in [-0.1, -0.05) is 60.7 Å². The number of nitrogens with zero attached hydrogens (tertiary/aromatic N) is 2. The van der Waals surface area contributed by atoms with Gasteiger partial charge in [-0.15, -0.1) is 0 Å². The summed E-state index contributed by atoms with van der Waals surface area (Å²) in [7, 11) is 1.62. The third kappa shape index (κ3) is 5.61. The molecule has 1 aliphatic rings. The van der Waals surface area contributed by atoms with Crippen LogP contribution in [0, 0.1) is 0 Å². The zero-order valence-corrected chi connectivity index (χ0v) is 19.8. The molecule has 6 nitrogen and oxygen atoms in total. The van der Waals surface area contributed by atoms with Gasteiger partial charge in [-0.3, -0.25) is 14.5 Å². The first-order valence-corrected chi connectivity index (χ1v) is 11.6. The van der Waals surface area contributed by atoms with Crippen molar-refractivity contribution in [3.8, 4) is 5.75 Å². The average Bonchev–Trinajstić information content (AvgIpc) is 3.08. The molecule has 174 valence electrons. The van der Waals surface area contributed by atoms with Crippen molar-refractivity contribution in [3.05, 3.63) is 96.1 Å². The topological polar surface area (TPSA) is 61.9 Å². The van der Waals surface area contributed by atoms with Crippen molar-refractivity contribution in [2.45, 2.75) is 25.4 Å². The summed E-state index contributed by atoms with van der Waals surface area (Å²) in [5.41, 5.74) is 2.81. The maximum Gasteiger partial charge on any atom is 0.252 e. The molecule has 1 fully saturated rings. The second kappa shape index (κ2) is 10.9. The Morgan fingerprint density at radius 1 is 0.941 bits per heavy atom. The molecular weight excluding hydrogens is 446 g/mol. The number of para-hydroxylation sites is 1. The van der Waals surface area contributed by atoms with E-state index >= 15 is 0 Å². The van der Waals surface area contributed by atoms with Crippen LogP contribution in [0.5, 0.6) is 5.75 Å². The molecule has 0 unspecified atom stereocenters. The quantitative estimate of drug-likeness (QED) is 0.471. The van der Waals surface area contributed by atoms with E-state index in [-0.39, 0.29) is 18.2 Å². The molecule has 1 aliphatic heterocycles. The minimum Gasteiger partial charge on any atom is -0.497 e. The molecular formula is C27H27N3O3S. The number of methoxy groups -OCH3 is 1. The molecule has 3 aromatic carbocycles. The van der Waals surface area contributed by atoms with E-state index in [1.54, 1.807) is 12.0 Å². The summed E-state index contributed by atoms with van der Waals surface area (Å²) in [4.78, 5) is 29.7. The molecule has 0 spiro atoms. The summed E-state index contributed by atoms with van der Waals surface area (Å²) in [5, 5.41) is 3.33. The number of anilines is 1. The van der Waals surface area contributed by atoms with Gasteiger partial charge in [0, 0.05) is 18.8 Å². The number of rotatable bonds is 9. The zero-order chi connectivity index (χ0) is 23.9. The standard InChI is InChI=1S/C27H27N3O3S/c1-33-23-14-12-21(13-15-23)19-30-24(18-25(31)28-22-10-6-3-7-11-22)26(32)29(27(30)34)17-16-20-8-4-2-5-9-20/h2-15,24H,16-19H2,1H3,(H,28,31)/t24-/m1/s1. The number of hydrogen-bond donors (Lipinski definition) is 1. The van der Waals surface area contributed by atoms with Crippen molar-refractivity contribution >= 4 is 34.8 Å². The van der Waals surface area contributed by atoms with Crippen LogP contribution in [0.4, 0.5) is 5.69 Å². The maximum atomic E-state index is 13.4. The van der Waals surface area contributed by atoms with Gasteiger partial charge in [0.15, 0.2) is 5.11 Å². The lowest BCUT2D eigenvalue weighted by Crippen LogP contribution is -2.37. The number of hydrogen-bond acceptors (Lipinski definition) is 4. The first-order valence-electron chi connectivity index (χ1n) is 11.2. The molecule has 0 saturated carbocycles. The number of nitrogens with one attached hydrogen (secondary N) is 1. The van der Waals surface area contributed by atoms with E-state index in [4.69, 9.17) is 17.0 Å². The van der Waals surface area contributed by atoms with Gasteiger partial charge in [-0.05, 0) is 54.0 Å². The normalized spacial score (nSPS) is 15.5. The highest BCUT2D eigenvalue weighted by atomic mass is 32.1. The summed E-state index contributed by atoms with van der Waals surface area (Å²) < 4.78 is 5.24. The molecule has 2 amide bonds. The second-order valence-corrected chi connectivity index (χ2v) is 8.48. The number of carbonyl (C=O) groups excluding carboxylic acids is 2. The summed E-state index contributed by atoms with van der Waals surface area (Å²) in [6, 6.07) is 26.2. The number of benzene rings is 3. The summed E-state index contributed by atoms with van der Waals surface area (Å²) in [6.07, 6.45) is 0.706. The minimum atomic E-state index is -0.658. The number of thiocarbonyl (C=S) groups is 1. The number of amides is 2. The lowest BCUT2D eigenvalue weighted by Gasteiger charge is -2.24. The van der Waals surface area contributed by atoms with Gasteiger partial charge in [-0.25, -0.2) is 0 Å². The average molecular weight is 474 g/mol. The second-order valence-electron chi connectivity index (χ2n) is 8.12. The van der Waals surface area contributed by atoms with Crippen LogP contribution in [0.3, 0.4) is 0 Å². The Morgan fingerprint density at radius 2 is 1.59 bits per heavy atom. The largest absolute Gasteiger partial charge is 0.497 e. The van der Waals surface area contributed by atoms with Gasteiger partial charge in [0.25, 0.3) is 5.91 Å². The number of carbonyl (C=O) groups is 2. The van der Waals surface area contributed by atoms with Gasteiger partial charge < -0.3 is 15.0 Å². The summed E-state index contributed by atoms with van der Waals surface area (Å²) >= 11 is 5.74. The van der Waals surface area contributed by atoms with Crippen molar-refractivity contribution in [2.24, 2.45) is 0 Å². The van der Waals surface area contributed by atoms with Gasteiger partial charge in [-0.2, -0.15) is 0 Å². The van der Waals surface area contributed by atoms with Crippen LogP contribution in [0.1, 0.15) is 17.5 Å². The molecule has 0 bridgehead atoms. The fourth-order valence-corrected chi connectivity index (χ4v) is 4.37. The van der Waals surface area contributed by atoms with E-state index in [0.29, 0.717) is 30.3 Å². The Morgan fingerprint density at radius 3 is 2.24 bits per heavy atom. The molecule has 0 aromatic heterocycles. The summed E-state index contributed by atoms with van der Waals surface area (Å²) in [6.45, 7) is 0.900. The predicted octanol–water partition coefficient (Wildman–Crippen LogP) is 4.26. The molecule has 1 saturated heterocycles. The molecule has 7 heteroatoms. The van der Waals surface area contributed by atoms with Gasteiger partial charge in [0.05, 0.1) is 13.5 Å². The smallest absolute Gasteiger partial charge is 0.252 e.